The molecule has 0 aliphatic rings. The first kappa shape index (κ1) is 17.5. The summed E-state index contributed by atoms with van der Waals surface area (Å²) in [5.74, 6) is -1.08. The van der Waals surface area contributed by atoms with Crippen LogP contribution in [-0.2, 0) is 4.79 Å². The van der Waals surface area contributed by atoms with Crippen LogP contribution in [-0.4, -0.2) is 27.4 Å². The van der Waals surface area contributed by atoms with Crippen LogP contribution in [0.3, 0.4) is 0 Å². The van der Waals surface area contributed by atoms with Gasteiger partial charge in [-0.15, -0.1) is 0 Å². The van der Waals surface area contributed by atoms with Crippen molar-refractivity contribution in [1.29, 1.82) is 0 Å². The summed E-state index contributed by atoms with van der Waals surface area (Å²) >= 11 is 6.16. The summed E-state index contributed by atoms with van der Waals surface area (Å²) in [6.45, 7) is 0. The molecule has 4 N–H and O–H groups in total. The van der Waals surface area contributed by atoms with Crippen molar-refractivity contribution in [2.45, 2.75) is 6.10 Å². The zero-order valence-electron chi connectivity index (χ0n) is 11.6. The molecule has 0 aromatic heterocycles. The molecule has 0 saturated carbocycles. The number of rotatable bonds is 4. The van der Waals surface area contributed by atoms with Crippen molar-refractivity contribution in [2.24, 2.45) is 5.10 Å². The molecule has 0 aliphatic heterocycles. The molecule has 1 unspecified atom stereocenters. The molecule has 2 aromatic rings. The van der Waals surface area contributed by atoms with Crippen LogP contribution in [0.15, 0.2) is 50.4 Å². The van der Waals surface area contributed by atoms with Crippen molar-refractivity contribution < 1.29 is 20.1 Å². The number of nitrogens with one attached hydrogen (secondary N) is 1. The molecule has 0 spiro atoms. The highest BCUT2D eigenvalue weighted by Gasteiger charge is 2.16. The topological polar surface area (TPSA) is 102 Å². The summed E-state index contributed by atoms with van der Waals surface area (Å²) in [6, 6.07) is 9.85. The molecule has 6 nitrogen and oxygen atoms in total. The lowest BCUT2D eigenvalue weighted by Crippen LogP contribution is -2.25. The van der Waals surface area contributed by atoms with E-state index in [2.05, 4.69) is 42.4 Å². The average Bonchev–Trinajstić information content (AvgIpc) is 2.57. The van der Waals surface area contributed by atoms with E-state index in [0.29, 0.717) is 10.0 Å². The number of hydrogen-bond donors (Lipinski definition) is 4. The van der Waals surface area contributed by atoms with Crippen molar-refractivity contribution in [3.05, 3.63) is 56.5 Å². The first-order valence-corrected chi connectivity index (χ1v) is 7.96. The molecular formula is C15H12Br2N2O4. The molecule has 0 fully saturated rings. The van der Waals surface area contributed by atoms with Crippen LogP contribution in [0.25, 0.3) is 0 Å². The summed E-state index contributed by atoms with van der Waals surface area (Å²) < 4.78 is 0.447. The van der Waals surface area contributed by atoms with Crippen molar-refractivity contribution in [2.75, 3.05) is 0 Å². The minimum atomic E-state index is -1.35. The van der Waals surface area contributed by atoms with E-state index in [-0.39, 0.29) is 21.5 Å². The highest BCUT2D eigenvalue weighted by Crippen LogP contribution is 2.40. The van der Waals surface area contributed by atoms with E-state index in [9.17, 15) is 20.1 Å². The van der Waals surface area contributed by atoms with E-state index >= 15 is 0 Å². The van der Waals surface area contributed by atoms with Crippen LogP contribution < -0.4 is 5.43 Å². The molecule has 23 heavy (non-hydrogen) atoms. The van der Waals surface area contributed by atoms with Gasteiger partial charge in [0.25, 0.3) is 5.91 Å². The molecule has 1 amide bonds. The van der Waals surface area contributed by atoms with E-state index in [1.54, 1.807) is 30.3 Å². The Bertz CT molecular complexity index is 751. The fourth-order valence-corrected chi connectivity index (χ4v) is 2.88. The number of benzene rings is 2. The molecule has 0 radical (unpaired) electrons. The lowest BCUT2D eigenvalue weighted by atomic mass is 10.1. The number of aliphatic hydroxyl groups is 1. The predicted octanol–water partition coefficient (Wildman–Crippen LogP) is 2.81. The molecule has 120 valence electrons. The van der Waals surface area contributed by atoms with Crippen molar-refractivity contribution in [1.82, 2.24) is 5.43 Å². The quantitative estimate of drug-likeness (QED) is 0.431. The molecule has 0 aliphatic carbocycles. The Morgan fingerprint density at radius 1 is 1.17 bits per heavy atom. The second-order valence-electron chi connectivity index (χ2n) is 4.51. The first-order chi connectivity index (χ1) is 10.9. The van der Waals surface area contributed by atoms with E-state index in [0.717, 1.165) is 0 Å². The van der Waals surface area contributed by atoms with Crippen LogP contribution in [0.2, 0.25) is 0 Å². The van der Waals surface area contributed by atoms with Gasteiger partial charge in [-0.25, -0.2) is 5.43 Å². The van der Waals surface area contributed by atoms with E-state index in [1.807, 2.05) is 0 Å². The molecule has 0 saturated heterocycles. The summed E-state index contributed by atoms with van der Waals surface area (Å²) in [5.41, 5.74) is 2.89. The lowest BCUT2D eigenvalue weighted by molar-refractivity contribution is -0.129. The Hall–Kier alpha value is -1.90. The van der Waals surface area contributed by atoms with Crippen molar-refractivity contribution >= 4 is 44.0 Å². The van der Waals surface area contributed by atoms with Crippen LogP contribution in [0.4, 0.5) is 0 Å². The van der Waals surface area contributed by atoms with Gasteiger partial charge in [-0.1, -0.05) is 30.3 Å². The number of phenols is 2. The zero-order valence-corrected chi connectivity index (χ0v) is 14.7. The third kappa shape index (κ3) is 4.10. The molecular weight excluding hydrogens is 432 g/mol. The monoisotopic (exact) mass is 442 g/mol. The van der Waals surface area contributed by atoms with E-state index in [4.69, 9.17) is 0 Å². The number of phenolic OH excluding ortho intramolecular Hbond substituents is 2. The van der Waals surface area contributed by atoms with Gasteiger partial charge in [0.1, 0.15) is 16.0 Å². The standard InChI is InChI=1S/C15H12Br2N2O4/c16-10-6-9(12(20)11(17)14(10)22)7-18-19-15(23)13(21)8-4-2-1-3-5-8/h1-7,13,20-22H,(H,19,23)/b18-7-. The second-order valence-corrected chi connectivity index (χ2v) is 6.15. The minimum Gasteiger partial charge on any atom is -0.506 e. The number of halogens is 2. The van der Waals surface area contributed by atoms with Crippen LogP contribution >= 0.6 is 31.9 Å². The van der Waals surface area contributed by atoms with Crippen LogP contribution in [0.5, 0.6) is 11.5 Å². The Morgan fingerprint density at radius 3 is 2.48 bits per heavy atom. The Balaban J connectivity index is 2.09. The van der Waals surface area contributed by atoms with Gasteiger partial charge in [-0.05, 0) is 43.5 Å². The SMILES string of the molecule is O=C(N/N=C\c1cc(Br)c(O)c(Br)c1O)C(O)c1ccccc1. The fourth-order valence-electron chi connectivity index (χ4n) is 1.73. The van der Waals surface area contributed by atoms with Crippen LogP contribution in [0.1, 0.15) is 17.2 Å². The maximum Gasteiger partial charge on any atom is 0.273 e. The lowest BCUT2D eigenvalue weighted by Gasteiger charge is -2.09. The summed E-state index contributed by atoms with van der Waals surface area (Å²) in [4.78, 5) is 11.8. The summed E-state index contributed by atoms with van der Waals surface area (Å²) in [5, 5.41) is 33.1. The molecule has 0 heterocycles. The van der Waals surface area contributed by atoms with Gasteiger partial charge >= 0.3 is 0 Å². The van der Waals surface area contributed by atoms with Gasteiger partial charge in [0.2, 0.25) is 0 Å². The smallest absolute Gasteiger partial charge is 0.273 e. The Morgan fingerprint density at radius 2 is 1.83 bits per heavy atom. The van der Waals surface area contributed by atoms with Gasteiger partial charge in [0.05, 0.1) is 10.7 Å². The minimum absolute atomic E-state index is 0.101. The maximum atomic E-state index is 11.8. The molecule has 2 aromatic carbocycles. The maximum absolute atomic E-state index is 11.8. The van der Waals surface area contributed by atoms with Crippen LogP contribution in [0, 0.1) is 0 Å². The molecule has 1 atom stereocenters. The number of aliphatic hydroxyl groups excluding tert-OH is 1. The third-order valence-electron chi connectivity index (χ3n) is 2.94. The van der Waals surface area contributed by atoms with Gasteiger partial charge in [-0.3, -0.25) is 4.79 Å². The number of carbonyl (C=O) groups excluding carboxylic acids is 1. The highest BCUT2D eigenvalue weighted by molar-refractivity contribution is 9.11. The largest absolute Gasteiger partial charge is 0.506 e. The zero-order chi connectivity index (χ0) is 17.0. The molecule has 2 rings (SSSR count). The number of amides is 1. The highest BCUT2D eigenvalue weighted by atomic mass is 79.9. The molecule has 8 heteroatoms. The number of aromatic hydroxyl groups is 2. The average molecular weight is 444 g/mol. The van der Waals surface area contributed by atoms with Crippen molar-refractivity contribution in [3.8, 4) is 11.5 Å². The molecule has 0 bridgehead atoms. The normalized spacial score (nSPS) is 12.3. The van der Waals surface area contributed by atoms with Crippen molar-refractivity contribution in [3.63, 3.8) is 0 Å². The van der Waals surface area contributed by atoms with E-state index in [1.165, 1.54) is 12.3 Å². The first-order valence-electron chi connectivity index (χ1n) is 6.37. The predicted molar refractivity (Wildman–Crippen MR) is 92.3 cm³/mol. The number of hydrazone groups is 1. The summed E-state index contributed by atoms with van der Waals surface area (Å²) in [7, 11) is 0. The number of nitrogens with zero attached hydrogens (tertiary/aromatic N) is 1. The summed E-state index contributed by atoms with van der Waals surface area (Å²) in [6.07, 6.45) is -0.153. The second kappa shape index (κ2) is 7.58. The number of hydrogen-bond acceptors (Lipinski definition) is 5. The fraction of sp³-hybridized carbons (Fsp3) is 0.0667. The third-order valence-corrected chi connectivity index (χ3v) is 4.30. The van der Waals surface area contributed by atoms with Gasteiger partial charge in [-0.2, -0.15) is 5.10 Å². The van der Waals surface area contributed by atoms with Gasteiger partial charge < -0.3 is 15.3 Å². The van der Waals surface area contributed by atoms with Gasteiger partial charge in [0.15, 0.2) is 6.10 Å². The Kier molecular flexibility index (Phi) is 5.75. The van der Waals surface area contributed by atoms with E-state index < -0.39 is 12.0 Å². The van der Waals surface area contributed by atoms with Gasteiger partial charge in [0, 0.05) is 5.56 Å². The number of carbonyl (C=O) groups is 1. The Labute approximate surface area is 148 Å².